The number of amides is 2. The van der Waals surface area contributed by atoms with E-state index in [0.717, 1.165) is 38.5 Å². The van der Waals surface area contributed by atoms with Crippen molar-refractivity contribution in [2.45, 2.75) is 50.6 Å². The number of carbonyl (C=O) groups is 2. The molecule has 1 aromatic heterocycles. The number of aromatic amines is 1. The van der Waals surface area contributed by atoms with E-state index < -0.39 is 0 Å². The molecule has 2 aliphatic rings. The monoisotopic (exact) mass is 368 g/mol. The quantitative estimate of drug-likeness (QED) is 0.750. The highest BCUT2D eigenvalue weighted by Crippen LogP contribution is 2.26. The average Bonchev–Trinajstić information content (AvgIpc) is 3.41. The lowest BCUT2D eigenvalue weighted by atomic mass is 9.85. The first-order valence-electron chi connectivity index (χ1n) is 9.59. The van der Waals surface area contributed by atoms with E-state index in [9.17, 15) is 14.4 Å². The molecule has 0 aliphatic heterocycles. The third-order valence-electron chi connectivity index (χ3n) is 5.34. The maximum absolute atomic E-state index is 12.5. The van der Waals surface area contributed by atoms with Gasteiger partial charge in [0.15, 0.2) is 0 Å². The molecule has 4 rings (SSSR count). The van der Waals surface area contributed by atoms with Crippen LogP contribution in [0.1, 0.15) is 49.0 Å². The lowest BCUT2D eigenvalue weighted by Crippen LogP contribution is -2.41. The second-order valence-corrected chi connectivity index (χ2v) is 7.48. The molecule has 2 saturated carbocycles. The molecule has 3 N–H and O–H groups in total. The zero-order valence-electron chi connectivity index (χ0n) is 15.1. The van der Waals surface area contributed by atoms with Gasteiger partial charge in [-0.3, -0.25) is 19.5 Å². The zero-order valence-corrected chi connectivity index (χ0v) is 15.1. The van der Waals surface area contributed by atoms with Crippen molar-refractivity contribution in [2.24, 2.45) is 5.92 Å². The molecule has 2 fully saturated rings. The molecule has 2 amide bonds. The van der Waals surface area contributed by atoms with E-state index >= 15 is 0 Å². The van der Waals surface area contributed by atoms with Gasteiger partial charge in [0.1, 0.15) is 5.69 Å². The molecule has 1 aromatic carbocycles. The van der Waals surface area contributed by atoms with Crippen LogP contribution in [0.25, 0.3) is 5.69 Å². The van der Waals surface area contributed by atoms with Crippen LogP contribution < -0.4 is 16.2 Å². The van der Waals surface area contributed by atoms with E-state index in [2.05, 4.69) is 15.7 Å². The van der Waals surface area contributed by atoms with E-state index in [0.29, 0.717) is 11.7 Å². The van der Waals surface area contributed by atoms with Gasteiger partial charge >= 0.3 is 0 Å². The van der Waals surface area contributed by atoms with Crippen LogP contribution in [0.15, 0.2) is 41.2 Å². The van der Waals surface area contributed by atoms with E-state index in [1.807, 2.05) is 18.2 Å². The van der Waals surface area contributed by atoms with Crippen molar-refractivity contribution >= 4 is 11.8 Å². The van der Waals surface area contributed by atoms with Gasteiger partial charge in [-0.2, -0.15) is 0 Å². The van der Waals surface area contributed by atoms with Gasteiger partial charge in [-0.1, -0.05) is 18.2 Å². The predicted molar refractivity (Wildman–Crippen MR) is 101 cm³/mol. The van der Waals surface area contributed by atoms with Crippen LogP contribution in [0.4, 0.5) is 0 Å². The lowest BCUT2D eigenvalue weighted by Gasteiger charge is -2.28. The topological polar surface area (TPSA) is 96.0 Å². The Morgan fingerprint density at radius 3 is 2.22 bits per heavy atom. The van der Waals surface area contributed by atoms with E-state index in [1.165, 1.54) is 10.7 Å². The van der Waals surface area contributed by atoms with Crippen molar-refractivity contribution in [2.75, 3.05) is 0 Å². The number of benzene rings is 1. The molecular weight excluding hydrogens is 344 g/mol. The number of rotatable bonds is 5. The van der Waals surface area contributed by atoms with Gasteiger partial charge < -0.3 is 10.6 Å². The molecule has 2 aliphatic carbocycles. The molecule has 7 nitrogen and oxygen atoms in total. The summed E-state index contributed by atoms with van der Waals surface area (Å²) >= 11 is 0. The fourth-order valence-corrected chi connectivity index (χ4v) is 3.59. The Hall–Kier alpha value is -2.83. The highest BCUT2D eigenvalue weighted by Gasteiger charge is 2.31. The highest BCUT2D eigenvalue weighted by molar-refractivity contribution is 5.92. The second-order valence-electron chi connectivity index (χ2n) is 7.48. The van der Waals surface area contributed by atoms with Crippen molar-refractivity contribution in [3.63, 3.8) is 0 Å². The first-order chi connectivity index (χ1) is 13.1. The van der Waals surface area contributed by atoms with Crippen LogP contribution in [0.2, 0.25) is 0 Å². The number of aromatic nitrogens is 2. The summed E-state index contributed by atoms with van der Waals surface area (Å²) in [6, 6.07) is 10.9. The molecule has 142 valence electrons. The standard InChI is InChI=1S/C20H24N4O3/c25-18-12-17(23-24(18)16-4-2-1-3-5-16)20(27)22-14-8-6-13(7-9-14)19(26)21-15-10-11-15/h1-5,12-15,23H,6-11H2,(H,21,26)(H,22,27). The number of hydrogen-bond donors (Lipinski definition) is 3. The molecule has 0 bridgehead atoms. The Morgan fingerprint density at radius 1 is 0.926 bits per heavy atom. The maximum Gasteiger partial charge on any atom is 0.271 e. The van der Waals surface area contributed by atoms with Crippen molar-refractivity contribution in [3.8, 4) is 5.69 Å². The summed E-state index contributed by atoms with van der Waals surface area (Å²) in [5, 5.41) is 8.92. The summed E-state index contributed by atoms with van der Waals surface area (Å²) < 4.78 is 1.36. The number of hydrogen-bond acceptors (Lipinski definition) is 3. The van der Waals surface area contributed by atoms with Crippen LogP contribution in [-0.4, -0.2) is 33.7 Å². The number of nitrogens with zero attached hydrogens (tertiary/aromatic N) is 1. The van der Waals surface area contributed by atoms with Crippen molar-refractivity contribution in [1.82, 2.24) is 20.4 Å². The Morgan fingerprint density at radius 2 is 1.56 bits per heavy atom. The molecule has 0 spiro atoms. The minimum atomic E-state index is -0.285. The van der Waals surface area contributed by atoms with Gasteiger partial charge in [-0.05, 0) is 50.7 Å². The summed E-state index contributed by atoms with van der Waals surface area (Å²) in [5.41, 5.74) is 0.660. The van der Waals surface area contributed by atoms with E-state index in [4.69, 9.17) is 0 Å². The normalized spacial score (nSPS) is 22.2. The van der Waals surface area contributed by atoms with Gasteiger partial charge in [0, 0.05) is 24.1 Å². The van der Waals surface area contributed by atoms with Gasteiger partial charge in [-0.15, -0.1) is 0 Å². The third-order valence-corrected chi connectivity index (χ3v) is 5.34. The van der Waals surface area contributed by atoms with E-state index in [-0.39, 0.29) is 35.0 Å². The summed E-state index contributed by atoms with van der Waals surface area (Å²) in [7, 11) is 0. The highest BCUT2D eigenvalue weighted by atomic mass is 16.2. The van der Waals surface area contributed by atoms with Crippen LogP contribution in [-0.2, 0) is 4.79 Å². The summed E-state index contributed by atoms with van der Waals surface area (Å²) in [6.07, 6.45) is 5.31. The predicted octanol–water partition coefficient (Wildman–Crippen LogP) is 1.73. The summed E-state index contributed by atoms with van der Waals surface area (Å²) in [4.78, 5) is 36.8. The Balaban J connectivity index is 1.33. The molecule has 0 radical (unpaired) electrons. The fraction of sp³-hybridized carbons (Fsp3) is 0.450. The van der Waals surface area contributed by atoms with Gasteiger partial charge in [0.2, 0.25) is 5.91 Å². The summed E-state index contributed by atoms with van der Waals surface area (Å²) in [6.45, 7) is 0. The van der Waals surface area contributed by atoms with E-state index in [1.54, 1.807) is 12.1 Å². The molecule has 27 heavy (non-hydrogen) atoms. The fourth-order valence-electron chi connectivity index (χ4n) is 3.59. The zero-order chi connectivity index (χ0) is 18.8. The maximum atomic E-state index is 12.5. The number of nitrogens with one attached hydrogen (secondary N) is 3. The molecule has 0 atom stereocenters. The van der Waals surface area contributed by atoms with Gasteiger partial charge in [0.25, 0.3) is 11.5 Å². The summed E-state index contributed by atoms with van der Waals surface area (Å²) in [5.74, 6) is -0.0723. The first-order valence-corrected chi connectivity index (χ1v) is 9.59. The van der Waals surface area contributed by atoms with Crippen molar-refractivity contribution in [3.05, 3.63) is 52.4 Å². The second kappa shape index (κ2) is 7.42. The number of para-hydroxylation sites is 1. The largest absolute Gasteiger partial charge is 0.353 e. The number of H-pyrrole nitrogens is 1. The number of carbonyl (C=O) groups excluding carboxylic acids is 2. The molecule has 0 unspecified atom stereocenters. The van der Waals surface area contributed by atoms with Crippen LogP contribution >= 0.6 is 0 Å². The first kappa shape index (κ1) is 17.6. The average molecular weight is 368 g/mol. The minimum Gasteiger partial charge on any atom is -0.353 e. The molecule has 7 heteroatoms. The van der Waals surface area contributed by atoms with Gasteiger partial charge in [0.05, 0.1) is 5.69 Å². The van der Waals surface area contributed by atoms with Crippen molar-refractivity contribution < 1.29 is 9.59 Å². The Labute approximate surface area is 157 Å². The van der Waals surface area contributed by atoms with Crippen LogP contribution in [0.5, 0.6) is 0 Å². The molecular formula is C20H24N4O3. The van der Waals surface area contributed by atoms with Gasteiger partial charge in [-0.25, -0.2) is 4.68 Å². The van der Waals surface area contributed by atoms with Crippen LogP contribution in [0.3, 0.4) is 0 Å². The Kier molecular flexibility index (Phi) is 4.83. The molecule has 1 heterocycles. The minimum absolute atomic E-state index is 0.0334. The van der Waals surface area contributed by atoms with Crippen LogP contribution in [0, 0.1) is 5.92 Å². The van der Waals surface area contributed by atoms with Crippen molar-refractivity contribution in [1.29, 1.82) is 0 Å². The lowest BCUT2D eigenvalue weighted by molar-refractivity contribution is -0.126. The third kappa shape index (κ3) is 4.13. The Bertz CT molecular complexity index is 874. The smallest absolute Gasteiger partial charge is 0.271 e. The SMILES string of the molecule is O=C(NC1CCC(C(=O)NC2CC2)CC1)c1cc(=O)n(-c2ccccc2)[nH]1. The molecule has 2 aromatic rings. The molecule has 0 saturated heterocycles.